The number of rotatable bonds is 26. The average Bonchev–Trinajstić information content (AvgIpc) is 3.34. The molecule has 6 aromatic carbocycles. The molecular formula is C60H70O4Pb. The van der Waals surface area contributed by atoms with Gasteiger partial charge in [0.2, 0.25) is 0 Å². The van der Waals surface area contributed by atoms with Crippen molar-refractivity contribution in [1.82, 2.24) is 0 Å². The van der Waals surface area contributed by atoms with Crippen LogP contribution in [0.3, 0.4) is 0 Å². The van der Waals surface area contributed by atoms with Gasteiger partial charge in [-0.05, 0) is 46.2 Å². The fourth-order valence-corrected chi connectivity index (χ4v) is 9.95. The van der Waals surface area contributed by atoms with Crippen molar-refractivity contribution in [2.24, 2.45) is 0 Å². The van der Waals surface area contributed by atoms with Crippen molar-refractivity contribution in [2.75, 3.05) is 0 Å². The third-order valence-electron chi connectivity index (χ3n) is 13.2. The van der Waals surface area contributed by atoms with Crippen LogP contribution >= 0.6 is 0 Å². The van der Waals surface area contributed by atoms with E-state index in [9.17, 15) is 19.8 Å². The van der Waals surface area contributed by atoms with Crippen molar-refractivity contribution in [1.29, 1.82) is 0 Å². The number of unbranched alkanes of at least 4 members (excludes halogenated alkanes) is 12. The van der Waals surface area contributed by atoms with E-state index in [1.807, 2.05) is 158 Å². The van der Waals surface area contributed by atoms with Crippen LogP contribution in [0, 0.1) is 0 Å². The smallest absolute Gasteiger partial charge is 0.549 e. The van der Waals surface area contributed by atoms with Gasteiger partial charge in [-0.15, -0.1) is 0 Å². The Labute approximate surface area is 411 Å². The van der Waals surface area contributed by atoms with Gasteiger partial charge >= 0.3 is 27.3 Å². The maximum absolute atomic E-state index is 13.1. The summed E-state index contributed by atoms with van der Waals surface area (Å²) in [6.07, 6.45) is 18.4. The zero-order valence-corrected chi connectivity index (χ0v) is 42.8. The molecule has 2 atom stereocenters. The monoisotopic (exact) mass is 1060 g/mol. The second kappa shape index (κ2) is 29.0. The maximum Gasteiger partial charge on any atom is 2.00 e. The topological polar surface area (TPSA) is 80.3 Å². The zero-order valence-electron chi connectivity index (χ0n) is 38.9. The van der Waals surface area contributed by atoms with Gasteiger partial charge in [-0.2, -0.15) is 0 Å². The van der Waals surface area contributed by atoms with Crippen molar-refractivity contribution in [2.45, 2.75) is 139 Å². The molecule has 0 aliphatic rings. The van der Waals surface area contributed by atoms with Gasteiger partial charge in [0.1, 0.15) is 0 Å². The van der Waals surface area contributed by atoms with Crippen LogP contribution in [0.15, 0.2) is 182 Å². The summed E-state index contributed by atoms with van der Waals surface area (Å²) < 4.78 is 0. The number of carbonyl (C=O) groups excluding carboxylic acids is 2. The normalized spacial score (nSPS) is 12.2. The number of carboxylic acids is 2. The molecule has 0 aliphatic heterocycles. The summed E-state index contributed by atoms with van der Waals surface area (Å²) in [5, 5.41) is 26.3. The molecule has 0 bridgehead atoms. The van der Waals surface area contributed by atoms with Gasteiger partial charge in [0.05, 0.1) is 22.8 Å². The predicted octanol–water partition coefficient (Wildman–Crippen LogP) is 12.9. The number of hydrogen-bond acceptors (Lipinski definition) is 4. The van der Waals surface area contributed by atoms with E-state index >= 15 is 0 Å². The molecule has 2 radical (unpaired) electrons. The van der Waals surface area contributed by atoms with E-state index in [4.69, 9.17) is 0 Å². The fraction of sp³-hybridized carbons (Fsp3) is 0.367. The van der Waals surface area contributed by atoms with Crippen LogP contribution < -0.4 is 10.2 Å². The molecule has 0 heterocycles. The van der Waals surface area contributed by atoms with Crippen molar-refractivity contribution < 1.29 is 19.8 Å². The van der Waals surface area contributed by atoms with Gasteiger partial charge in [-0.1, -0.05) is 286 Å². The Morgan fingerprint density at radius 2 is 0.569 bits per heavy atom. The van der Waals surface area contributed by atoms with Gasteiger partial charge < -0.3 is 19.8 Å². The predicted molar refractivity (Wildman–Crippen MR) is 267 cm³/mol. The molecule has 0 N–H and O–H groups in total. The largest absolute Gasteiger partial charge is 2.00 e. The maximum atomic E-state index is 13.1. The minimum Gasteiger partial charge on any atom is -0.549 e. The third-order valence-corrected chi connectivity index (χ3v) is 13.2. The number of benzene rings is 6. The Kier molecular flexibility index (Phi) is 23.5. The van der Waals surface area contributed by atoms with Crippen LogP contribution in [0.25, 0.3) is 0 Å². The van der Waals surface area contributed by atoms with E-state index < -0.39 is 22.8 Å². The van der Waals surface area contributed by atoms with Crippen molar-refractivity contribution in [3.8, 4) is 0 Å². The molecule has 2 unspecified atom stereocenters. The van der Waals surface area contributed by atoms with E-state index in [0.717, 1.165) is 71.9 Å². The summed E-state index contributed by atoms with van der Waals surface area (Å²) in [6.45, 7) is 4.47. The van der Waals surface area contributed by atoms with Crippen LogP contribution in [0.4, 0.5) is 0 Å². The zero-order chi connectivity index (χ0) is 45.3. The minimum absolute atomic E-state index is 0. The Balaban J connectivity index is 0.000000280. The molecule has 0 saturated carbocycles. The molecule has 0 aromatic heterocycles. The summed E-state index contributed by atoms with van der Waals surface area (Å²) in [4.78, 5) is 26.3. The van der Waals surface area contributed by atoms with E-state index in [-0.39, 0.29) is 39.1 Å². The van der Waals surface area contributed by atoms with Gasteiger partial charge in [-0.25, -0.2) is 0 Å². The Morgan fingerprint density at radius 3 is 0.800 bits per heavy atom. The first kappa shape index (κ1) is 52.8. The first-order valence-electron chi connectivity index (χ1n) is 24.2. The summed E-state index contributed by atoms with van der Waals surface area (Å²) >= 11 is 0. The third kappa shape index (κ3) is 14.1. The van der Waals surface area contributed by atoms with Crippen molar-refractivity contribution in [3.63, 3.8) is 0 Å². The molecule has 0 aliphatic carbocycles. The van der Waals surface area contributed by atoms with Gasteiger partial charge in [-0.3, -0.25) is 0 Å². The molecule has 5 heteroatoms. The van der Waals surface area contributed by atoms with Crippen LogP contribution in [0.1, 0.15) is 162 Å². The number of carbonyl (C=O) groups is 2. The molecule has 0 saturated heterocycles. The average molecular weight is 1060 g/mol. The first-order chi connectivity index (χ1) is 31.4. The second-order valence-electron chi connectivity index (χ2n) is 17.4. The minimum atomic E-state index is -1.24. The standard InChI is InChI=1S/2C30H36O2.Pb/c2*1-2-3-4-5-6-7-17-24-28(25-18-11-8-12-19-25)30(29(31)32,26-20-13-9-14-21-26)27-22-15-10-16-23-27;/h2*8-16,18-23,28H,2-7,17,24H2,1H3,(H,31,32);/q;;+2/p-2. The van der Waals surface area contributed by atoms with Crippen LogP contribution in [0.5, 0.6) is 0 Å². The van der Waals surface area contributed by atoms with E-state index in [2.05, 4.69) is 38.1 Å². The van der Waals surface area contributed by atoms with E-state index in [1.54, 1.807) is 0 Å². The van der Waals surface area contributed by atoms with Crippen LogP contribution in [-0.2, 0) is 20.4 Å². The Hall–Kier alpha value is -4.82. The Bertz CT molecular complexity index is 1920. The molecule has 65 heavy (non-hydrogen) atoms. The van der Waals surface area contributed by atoms with Crippen molar-refractivity contribution in [3.05, 3.63) is 215 Å². The molecule has 0 amide bonds. The molecule has 0 fully saturated rings. The number of hydrogen-bond donors (Lipinski definition) is 0. The Morgan fingerprint density at radius 1 is 0.354 bits per heavy atom. The molecule has 338 valence electrons. The SMILES string of the molecule is CCCCCCCCCC(c1ccccc1)C(C(=O)[O-])(c1ccccc1)c1ccccc1.CCCCCCCCCC(c1ccccc1)C(C(=O)[O-])(c1ccccc1)c1ccccc1.[Pb+2]. The van der Waals surface area contributed by atoms with Crippen LogP contribution in [-0.4, -0.2) is 39.2 Å². The van der Waals surface area contributed by atoms with Gasteiger partial charge in [0, 0.05) is 11.8 Å². The van der Waals surface area contributed by atoms with Gasteiger partial charge in [0.15, 0.2) is 0 Å². The molecule has 6 rings (SSSR count). The van der Waals surface area contributed by atoms with Gasteiger partial charge in [0.25, 0.3) is 0 Å². The summed E-state index contributed by atoms with van der Waals surface area (Å²) in [6, 6.07) is 58.8. The fourth-order valence-electron chi connectivity index (χ4n) is 9.95. The van der Waals surface area contributed by atoms with E-state index in [1.165, 1.54) is 64.2 Å². The summed E-state index contributed by atoms with van der Waals surface area (Å²) in [7, 11) is 0. The quantitative estimate of drug-likeness (QED) is 0.0400. The van der Waals surface area contributed by atoms with Crippen molar-refractivity contribution >= 4 is 39.2 Å². The van der Waals surface area contributed by atoms with Crippen LogP contribution in [0.2, 0.25) is 0 Å². The first-order valence-corrected chi connectivity index (χ1v) is 24.2. The number of aliphatic carboxylic acids is 2. The summed E-state index contributed by atoms with van der Waals surface area (Å²) in [5.41, 5.74) is 2.74. The van der Waals surface area contributed by atoms with E-state index in [0.29, 0.717) is 0 Å². The molecular weight excluding hydrogens is 992 g/mol. The number of carboxylic acid groups (broad SMARTS) is 2. The second-order valence-corrected chi connectivity index (χ2v) is 17.4. The molecule has 0 spiro atoms. The summed E-state index contributed by atoms with van der Waals surface area (Å²) in [5.74, 6) is -2.50. The molecule has 6 aromatic rings. The molecule has 4 nitrogen and oxygen atoms in total.